The van der Waals surface area contributed by atoms with Gasteiger partial charge in [0.1, 0.15) is 0 Å². The van der Waals surface area contributed by atoms with Crippen LogP contribution in [0.1, 0.15) is 50.5 Å². The number of piperidine rings is 2. The molecule has 3 heterocycles. The smallest absolute Gasteiger partial charge is 0.0588 e. The lowest BCUT2D eigenvalue weighted by atomic mass is 9.87. The quantitative estimate of drug-likeness (QED) is 0.186. The van der Waals surface area contributed by atoms with E-state index >= 15 is 0 Å². The topological polar surface area (TPSA) is 9.72 Å². The van der Waals surface area contributed by atoms with E-state index in [1.54, 1.807) is 0 Å². The fourth-order valence-electron chi connectivity index (χ4n) is 8.95. The predicted octanol–water partition coefficient (Wildman–Crippen LogP) is 10.8. The normalized spacial score (nSPS) is 21.1. The molecule has 3 aliphatic heterocycles. The number of anilines is 4. The first-order chi connectivity index (χ1) is 23.3. The van der Waals surface area contributed by atoms with Gasteiger partial charge in [0.15, 0.2) is 0 Å². The summed E-state index contributed by atoms with van der Waals surface area (Å²) in [6, 6.07) is 35.5. The number of rotatable bonds is 4. The first-order valence-electron chi connectivity index (χ1n) is 18.1. The fourth-order valence-corrected chi connectivity index (χ4v) is 8.95. The Morgan fingerprint density at radius 1 is 0.532 bits per heavy atom. The van der Waals surface area contributed by atoms with Gasteiger partial charge in [0.25, 0.3) is 0 Å². The molecule has 0 amide bonds. The zero-order valence-corrected chi connectivity index (χ0v) is 27.5. The summed E-state index contributed by atoms with van der Waals surface area (Å²) >= 11 is 0. The number of hydrogen-bond donors (Lipinski definition) is 0. The van der Waals surface area contributed by atoms with Crippen molar-refractivity contribution in [3.05, 3.63) is 121 Å². The van der Waals surface area contributed by atoms with Gasteiger partial charge in [0.2, 0.25) is 0 Å². The Kier molecular flexibility index (Phi) is 7.49. The molecule has 2 saturated heterocycles. The average molecular weight is 616 g/mol. The summed E-state index contributed by atoms with van der Waals surface area (Å²) in [4.78, 5) is 7.99. The first kappa shape index (κ1) is 28.7. The zero-order chi connectivity index (χ0) is 31.2. The lowest BCUT2D eigenvalue weighted by Crippen LogP contribution is -2.35. The molecule has 1 aliphatic carbocycles. The number of nitrogens with zero attached hydrogens (tertiary/aromatic N) is 3. The molecule has 0 saturated carbocycles. The van der Waals surface area contributed by atoms with E-state index in [2.05, 4.69) is 130 Å². The van der Waals surface area contributed by atoms with E-state index in [1.165, 1.54) is 99.5 Å². The van der Waals surface area contributed by atoms with Crippen LogP contribution >= 0.6 is 0 Å². The molecule has 4 aliphatic rings. The summed E-state index contributed by atoms with van der Waals surface area (Å²) in [6.07, 6.45) is 19.5. The molecule has 5 aromatic rings. The van der Waals surface area contributed by atoms with Gasteiger partial charge < -0.3 is 14.7 Å². The minimum Gasteiger partial charge on any atom is -0.372 e. The van der Waals surface area contributed by atoms with Crippen LogP contribution in [0.15, 0.2) is 115 Å². The lowest BCUT2D eigenvalue weighted by molar-refractivity contribution is 0.536. The van der Waals surface area contributed by atoms with E-state index in [-0.39, 0.29) is 6.04 Å². The highest BCUT2D eigenvalue weighted by molar-refractivity contribution is 6.22. The van der Waals surface area contributed by atoms with Crippen LogP contribution in [0.25, 0.3) is 32.7 Å². The summed E-state index contributed by atoms with van der Waals surface area (Å²) in [5.41, 5.74) is 9.56. The Balaban J connectivity index is 1.39. The number of allylic oxidation sites excluding steroid dienone is 2. The van der Waals surface area contributed by atoms with Crippen LogP contribution in [0.4, 0.5) is 22.7 Å². The van der Waals surface area contributed by atoms with Crippen molar-refractivity contribution in [3.8, 4) is 11.1 Å². The van der Waals surface area contributed by atoms with Crippen LogP contribution in [0.3, 0.4) is 0 Å². The molecular formula is C44H45N3. The number of hydrogen-bond acceptors (Lipinski definition) is 3. The summed E-state index contributed by atoms with van der Waals surface area (Å²) < 4.78 is 0. The Labute approximate surface area is 279 Å². The van der Waals surface area contributed by atoms with E-state index in [1.807, 2.05) is 0 Å². The van der Waals surface area contributed by atoms with Gasteiger partial charge in [-0.1, -0.05) is 85.0 Å². The second-order valence-corrected chi connectivity index (χ2v) is 14.1. The predicted molar refractivity (Wildman–Crippen MR) is 201 cm³/mol. The molecule has 3 nitrogen and oxygen atoms in total. The van der Waals surface area contributed by atoms with Crippen molar-refractivity contribution in [2.75, 3.05) is 40.9 Å². The average Bonchev–Trinajstić information content (AvgIpc) is 3.31. The second-order valence-electron chi connectivity index (χ2n) is 14.1. The molecule has 0 spiro atoms. The third-order valence-corrected chi connectivity index (χ3v) is 11.3. The molecule has 0 bridgehead atoms. The van der Waals surface area contributed by atoms with Gasteiger partial charge in [-0.2, -0.15) is 0 Å². The maximum atomic E-state index is 2.74. The molecule has 0 N–H and O–H groups in total. The molecule has 5 aromatic carbocycles. The third-order valence-electron chi connectivity index (χ3n) is 11.3. The van der Waals surface area contributed by atoms with Crippen LogP contribution in [0.5, 0.6) is 0 Å². The Hall–Kier alpha value is -4.50. The molecule has 0 aromatic heterocycles. The highest BCUT2D eigenvalue weighted by Crippen LogP contribution is 2.50. The molecule has 9 rings (SSSR count). The molecule has 0 radical (unpaired) electrons. The Bertz CT molecular complexity index is 1980. The van der Waals surface area contributed by atoms with E-state index in [0.717, 1.165) is 39.0 Å². The Morgan fingerprint density at radius 3 is 1.91 bits per heavy atom. The second kappa shape index (κ2) is 12.3. The van der Waals surface area contributed by atoms with E-state index in [9.17, 15) is 0 Å². The van der Waals surface area contributed by atoms with Gasteiger partial charge in [-0.15, -0.1) is 0 Å². The highest BCUT2D eigenvalue weighted by atomic mass is 15.2. The van der Waals surface area contributed by atoms with Crippen molar-refractivity contribution in [2.45, 2.75) is 57.4 Å². The van der Waals surface area contributed by atoms with Crippen LogP contribution in [-0.4, -0.2) is 32.2 Å². The van der Waals surface area contributed by atoms with Gasteiger partial charge >= 0.3 is 0 Å². The number of fused-ring (bicyclic) bond motifs is 4. The fraction of sp³-hybridized carbons (Fsp3) is 0.318. The third kappa shape index (κ3) is 5.12. The van der Waals surface area contributed by atoms with Crippen LogP contribution in [0.2, 0.25) is 0 Å². The number of para-hydroxylation sites is 1. The summed E-state index contributed by atoms with van der Waals surface area (Å²) in [6.45, 7) is 4.58. The van der Waals surface area contributed by atoms with Crippen LogP contribution in [0, 0.1) is 5.92 Å². The van der Waals surface area contributed by atoms with Gasteiger partial charge in [-0.25, -0.2) is 0 Å². The van der Waals surface area contributed by atoms with E-state index in [0.29, 0.717) is 5.92 Å². The van der Waals surface area contributed by atoms with Crippen molar-refractivity contribution in [1.29, 1.82) is 0 Å². The molecular weight excluding hydrogens is 571 g/mol. The number of benzene rings is 5. The summed E-state index contributed by atoms with van der Waals surface area (Å²) in [7, 11) is 0. The lowest BCUT2D eigenvalue weighted by Gasteiger charge is -2.38. The van der Waals surface area contributed by atoms with Crippen molar-refractivity contribution < 1.29 is 0 Å². The first-order valence-corrected chi connectivity index (χ1v) is 18.1. The van der Waals surface area contributed by atoms with Gasteiger partial charge in [-0.3, -0.25) is 0 Å². The maximum absolute atomic E-state index is 2.74. The summed E-state index contributed by atoms with van der Waals surface area (Å²) in [5.74, 6) is 0.462. The molecule has 2 atom stereocenters. The van der Waals surface area contributed by atoms with Crippen LogP contribution < -0.4 is 14.7 Å². The van der Waals surface area contributed by atoms with Crippen molar-refractivity contribution >= 4 is 44.3 Å². The zero-order valence-electron chi connectivity index (χ0n) is 27.5. The Morgan fingerprint density at radius 2 is 1.17 bits per heavy atom. The summed E-state index contributed by atoms with van der Waals surface area (Å²) in [5, 5.41) is 5.43. The molecule has 3 heteroatoms. The van der Waals surface area contributed by atoms with E-state index in [4.69, 9.17) is 0 Å². The molecule has 236 valence electrons. The molecule has 2 unspecified atom stereocenters. The van der Waals surface area contributed by atoms with Gasteiger partial charge in [0, 0.05) is 59.9 Å². The van der Waals surface area contributed by atoms with Gasteiger partial charge in [-0.05, 0) is 109 Å². The molecule has 2 fully saturated rings. The minimum absolute atomic E-state index is 0.262. The van der Waals surface area contributed by atoms with Gasteiger partial charge in [0.05, 0.1) is 11.7 Å². The molecule has 47 heavy (non-hydrogen) atoms. The SMILES string of the molecule is C1=CC2CCc3ccccc3N(c3c4ccc(N5CCCCC5)cc4c(-c4ccccc4)c4ccc(N5CCCCC5)cc34)C2C=C1. The minimum atomic E-state index is 0.262. The monoisotopic (exact) mass is 615 g/mol. The number of aryl methyl sites for hydroxylation is 1. The highest BCUT2D eigenvalue weighted by Gasteiger charge is 2.34. The largest absolute Gasteiger partial charge is 0.372 e. The van der Waals surface area contributed by atoms with Crippen molar-refractivity contribution in [3.63, 3.8) is 0 Å². The standard InChI is InChI=1S/C44H45N3/c1-4-16-34(17-5-1)43-37-24-22-36(46-28-12-3-13-29-46)31-40(37)44(38-25-23-35(30-39(38)43)45-26-10-2-11-27-45)47-41-18-8-6-14-32(41)20-21-33-15-7-9-19-42(33)47/h1,4-9,14-19,22-25,30-32,41H,2-3,10-13,20-21,26-29H2. The van der Waals surface area contributed by atoms with E-state index < -0.39 is 0 Å². The van der Waals surface area contributed by atoms with Crippen molar-refractivity contribution in [2.24, 2.45) is 5.92 Å². The van der Waals surface area contributed by atoms with Crippen LogP contribution in [-0.2, 0) is 6.42 Å². The van der Waals surface area contributed by atoms with Crippen molar-refractivity contribution in [1.82, 2.24) is 0 Å². The maximum Gasteiger partial charge on any atom is 0.0588 e.